The number of β-amino-alcohol motifs (C(OH)–C–C–N with tert-alkyl or cyclic N) is 1. The first-order valence-electron chi connectivity index (χ1n) is 7.84. The maximum absolute atomic E-state index is 12.9. The molecule has 2 aromatic rings. The first-order chi connectivity index (χ1) is 11.0. The van der Waals surface area contributed by atoms with Crippen LogP contribution in [0.5, 0.6) is 0 Å². The summed E-state index contributed by atoms with van der Waals surface area (Å²) >= 11 is 0. The molecule has 1 aliphatic rings. The number of aliphatic hydroxyl groups excluding tert-OH is 1. The highest BCUT2D eigenvalue weighted by atomic mass is 16.3. The van der Waals surface area contributed by atoms with Gasteiger partial charge in [-0.2, -0.15) is 0 Å². The van der Waals surface area contributed by atoms with Crippen LogP contribution in [-0.4, -0.2) is 49.6 Å². The summed E-state index contributed by atoms with van der Waals surface area (Å²) in [5.41, 5.74) is 0.181. The Hall–Kier alpha value is -2.21. The molecule has 1 N–H and O–H groups in total. The summed E-state index contributed by atoms with van der Waals surface area (Å²) in [4.78, 5) is 22.9. The van der Waals surface area contributed by atoms with Gasteiger partial charge in [-0.15, -0.1) is 0 Å². The van der Waals surface area contributed by atoms with E-state index in [2.05, 4.69) is 9.97 Å². The predicted molar refractivity (Wildman–Crippen MR) is 85.6 cm³/mol. The van der Waals surface area contributed by atoms with Crippen molar-refractivity contribution in [2.45, 2.75) is 31.9 Å². The predicted octanol–water partition coefficient (Wildman–Crippen LogP) is 1.08. The summed E-state index contributed by atoms with van der Waals surface area (Å²) in [6.45, 7) is 4.71. The average molecular weight is 314 g/mol. The maximum atomic E-state index is 12.9. The van der Waals surface area contributed by atoms with Crippen molar-refractivity contribution in [2.75, 3.05) is 13.1 Å². The van der Waals surface area contributed by atoms with Gasteiger partial charge in [0.05, 0.1) is 11.8 Å². The van der Waals surface area contributed by atoms with Gasteiger partial charge in [-0.3, -0.25) is 14.8 Å². The zero-order chi connectivity index (χ0) is 16.4. The number of carbonyl (C=O) groups is 1. The van der Waals surface area contributed by atoms with Gasteiger partial charge in [-0.25, -0.2) is 0 Å². The highest BCUT2D eigenvalue weighted by molar-refractivity contribution is 5.84. The van der Waals surface area contributed by atoms with Crippen molar-refractivity contribution < 1.29 is 9.90 Å². The highest BCUT2D eigenvalue weighted by Gasteiger charge is 2.40. The second-order valence-electron chi connectivity index (χ2n) is 6.59. The van der Waals surface area contributed by atoms with Crippen LogP contribution in [0.2, 0.25) is 0 Å². The third-order valence-electron chi connectivity index (χ3n) is 4.56. The molecule has 1 amide bonds. The summed E-state index contributed by atoms with van der Waals surface area (Å²) in [5.74, 6) is 0.0190. The number of aromatic nitrogens is 3. The van der Waals surface area contributed by atoms with E-state index in [1.165, 1.54) is 0 Å². The molecule has 6 heteroatoms. The summed E-state index contributed by atoms with van der Waals surface area (Å²) in [7, 11) is 0. The molecule has 6 nitrogen and oxygen atoms in total. The SMILES string of the molecule is CC(C)(C(=O)N1CC(O)C(Cc2cnccn2)C1)n1cccc1. The van der Waals surface area contributed by atoms with Crippen LogP contribution < -0.4 is 0 Å². The Labute approximate surface area is 135 Å². The van der Waals surface area contributed by atoms with Gasteiger partial charge in [0.25, 0.3) is 0 Å². The second-order valence-corrected chi connectivity index (χ2v) is 6.59. The van der Waals surface area contributed by atoms with E-state index >= 15 is 0 Å². The Morgan fingerprint density at radius 2 is 2.04 bits per heavy atom. The molecule has 2 aromatic heterocycles. The normalized spacial score (nSPS) is 21.6. The Balaban J connectivity index is 1.69. The standard InChI is InChI=1S/C17H22N4O2/c1-17(2,21-7-3-4-8-21)16(23)20-11-13(15(22)12-20)9-14-10-18-5-6-19-14/h3-8,10,13,15,22H,9,11-12H2,1-2H3. The molecule has 1 aliphatic heterocycles. The fraction of sp³-hybridized carbons (Fsp3) is 0.471. The number of rotatable bonds is 4. The fourth-order valence-corrected chi connectivity index (χ4v) is 3.13. The van der Waals surface area contributed by atoms with Crippen LogP contribution in [0.4, 0.5) is 0 Å². The van der Waals surface area contributed by atoms with Gasteiger partial charge in [-0.1, -0.05) is 0 Å². The van der Waals surface area contributed by atoms with E-state index < -0.39 is 11.6 Å². The largest absolute Gasteiger partial charge is 0.391 e. The van der Waals surface area contributed by atoms with Crippen LogP contribution in [0.25, 0.3) is 0 Å². The van der Waals surface area contributed by atoms with E-state index in [0.29, 0.717) is 19.5 Å². The topological polar surface area (TPSA) is 71.2 Å². The lowest BCUT2D eigenvalue weighted by molar-refractivity contribution is -0.138. The van der Waals surface area contributed by atoms with Gasteiger partial charge in [0.1, 0.15) is 5.54 Å². The van der Waals surface area contributed by atoms with Crippen LogP contribution in [-0.2, 0) is 16.8 Å². The van der Waals surface area contributed by atoms with E-state index in [0.717, 1.165) is 5.69 Å². The Kier molecular flexibility index (Phi) is 4.17. The molecule has 2 unspecified atom stereocenters. The molecule has 0 spiro atoms. The molecule has 0 saturated carbocycles. The lowest BCUT2D eigenvalue weighted by atomic mass is 10.0. The number of nitrogens with zero attached hydrogens (tertiary/aromatic N) is 4. The highest BCUT2D eigenvalue weighted by Crippen LogP contribution is 2.26. The van der Waals surface area contributed by atoms with Gasteiger partial charge in [-0.05, 0) is 32.4 Å². The number of hydrogen-bond acceptors (Lipinski definition) is 4. The van der Waals surface area contributed by atoms with Crippen molar-refractivity contribution in [3.05, 3.63) is 48.8 Å². The first-order valence-corrected chi connectivity index (χ1v) is 7.84. The van der Waals surface area contributed by atoms with Crippen LogP contribution >= 0.6 is 0 Å². The minimum atomic E-state index is -0.662. The summed E-state index contributed by atoms with van der Waals surface area (Å²) in [5, 5.41) is 10.3. The molecule has 122 valence electrons. The molecule has 0 bridgehead atoms. The smallest absolute Gasteiger partial charge is 0.248 e. The van der Waals surface area contributed by atoms with Gasteiger partial charge in [0.2, 0.25) is 5.91 Å². The Bertz CT molecular complexity index is 654. The molecule has 3 rings (SSSR count). The van der Waals surface area contributed by atoms with Crippen molar-refractivity contribution in [3.8, 4) is 0 Å². The average Bonchev–Trinajstić information content (AvgIpc) is 3.19. The van der Waals surface area contributed by atoms with Crippen molar-refractivity contribution in [1.82, 2.24) is 19.4 Å². The second kappa shape index (κ2) is 6.12. The van der Waals surface area contributed by atoms with Gasteiger partial charge < -0.3 is 14.6 Å². The number of aliphatic hydroxyl groups is 1. The van der Waals surface area contributed by atoms with Crippen molar-refractivity contribution >= 4 is 5.91 Å². The lowest BCUT2D eigenvalue weighted by Crippen LogP contribution is -2.46. The van der Waals surface area contributed by atoms with E-state index in [1.54, 1.807) is 23.5 Å². The third-order valence-corrected chi connectivity index (χ3v) is 4.56. The van der Waals surface area contributed by atoms with Crippen molar-refractivity contribution in [1.29, 1.82) is 0 Å². The van der Waals surface area contributed by atoms with Crippen molar-refractivity contribution in [3.63, 3.8) is 0 Å². The molecule has 1 fully saturated rings. The van der Waals surface area contributed by atoms with E-state index in [9.17, 15) is 9.90 Å². The Morgan fingerprint density at radius 1 is 1.30 bits per heavy atom. The summed E-state index contributed by atoms with van der Waals surface area (Å²) < 4.78 is 1.90. The minimum absolute atomic E-state index is 0.00360. The monoisotopic (exact) mass is 314 g/mol. The van der Waals surface area contributed by atoms with E-state index in [1.807, 2.05) is 42.9 Å². The molecule has 3 heterocycles. The lowest BCUT2D eigenvalue weighted by Gasteiger charge is -2.30. The number of amides is 1. The zero-order valence-corrected chi connectivity index (χ0v) is 13.5. The molecule has 0 aliphatic carbocycles. The zero-order valence-electron chi connectivity index (χ0n) is 13.5. The van der Waals surface area contributed by atoms with Gasteiger partial charge in [0, 0.05) is 50.0 Å². The number of hydrogen-bond donors (Lipinski definition) is 1. The molecule has 0 aromatic carbocycles. The molecule has 23 heavy (non-hydrogen) atoms. The maximum Gasteiger partial charge on any atom is 0.248 e. The van der Waals surface area contributed by atoms with Crippen LogP contribution in [0.15, 0.2) is 43.1 Å². The summed E-state index contributed by atoms with van der Waals surface area (Å²) in [6.07, 6.45) is 8.87. The molecule has 0 radical (unpaired) electrons. The first kappa shape index (κ1) is 15.7. The van der Waals surface area contributed by atoms with Gasteiger partial charge >= 0.3 is 0 Å². The van der Waals surface area contributed by atoms with E-state index in [4.69, 9.17) is 0 Å². The summed E-state index contributed by atoms with van der Waals surface area (Å²) in [6, 6.07) is 3.81. The minimum Gasteiger partial charge on any atom is -0.391 e. The molecular weight excluding hydrogens is 292 g/mol. The van der Waals surface area contributed by atoms with Crippen LogP contribution in [0.1, 0.15) is 19.5 Å². The third kappa shape index (κ3) is 3.12. The Morgan fingerprint density at radius 3 is 2.70 bits per heavy atom. The van der Waals surface area contributed by atoms with E-state index in [-0.39, 0.29) is 11.8 Å². The fourth-order valence-electron chi connectivity index (χ4n) is 3.13. The van der Waals surface area contributed by atoms with Crippen LogP contribution in [0.3, 0.4) is 0 Å². The number of carbonyl (C=O) groups excluding carboxylic acids is 1. The number of likely N-dealkylation sites (tertiary alicyclic amines) is 1. The molecular formula is C17H22N4O2. The van der Waals surface area contributed by atoms with Crippen molar-refractivity contribution in [2.24, 2.45) is 5.92 Å². The molecule has 1 saturated heterocycles. The van der Waals surface area contributed by atoms with Crippen LogP contribution in [0, 0.1) is 5.92 Å². The molecule has 2 atom stereocenters. The van der Waals surface area contributed by atoms with Gasteiger partial charge in [0.15, 0.2) is 0 Å². The quantitative estimate of drug-likeness (QED) is 0.916.